The molecule has 8 nitrogen and oxygen atoms in total. The van der Waals surface area contributed by atoms with Crippen molar-refractivity contribution in [2.24, 2.45) is 0 Å². The summed E-state index contributed by atoms with van der Waals surface area (Å²) in [7, 11) is 0. The average Bonchev–Trinajstić information content (AvgIpc) is 3.26. The molecule has 2 N–H and O–H groups in total. The van der Waals surface area contributed by atoms with E-state index in [1.54, 1.807) is 6.20 Å². The third kappa shape index (κ3) is 5.73. The number of para-hydroxylation sites is 1. The number of nitrogens with zero attached hydrogens (tertiary/aromatic N) is 1. The quantitative estimate of drug-likeness (QED) is 0.288. The summed E-state index contributed by atoms with van der Waals surface area (Å²) in [4.78, 5) is 53.2. The summed E-state index contributed by atoms with van der Waals surface area (Å²) in [6.45, 7) is 1.03. The van der Waals surface area contributed by atoms with Gasteiger partial charge < -0.3 is 19.6 Å². The number of H-pyrrole nitrogens is 1. The van der Waals surface area contributed by atoms with E-state index in [1.807, 2.05) is 54.6 Å². The molecule has 0 unspecified atom stereocenters. The number of carbonyl (C=O) groups is 3. The van der Waals surface area contributed by atoms with Crippen molar-refractivity contribution in [3.63, 3.8) is 0 Å². The molecule has 0 aliphatic heterocycles. The Morgan fingerprint density at radius 1 is 1.00 bits per heavy atom. The molecule has 4 aromatic rings. The van der Waals surface area contributed by atoms with Crippen LogP contribution >= 0.6 is 0 Å². The highest BCUT2D eigenvalue weighted by atomic mass is 16.5. The maximum Gasteiger partial charge on any atom is 0.329 e. The summed E-state index contributed by atoms with van der Waals surface area (Å²) in [5.41, 5.74) is 2.02. The minimum Gasteiger partial charge on any atom is -0.459 e. The van der Waals surface area contributed by atoms with Crippen LogP contribution in [0, 0.1) is 0 Å². The van der Waals surface area contributed by atoms with E-state index in [4.69, 9.17) is 4.74 Å². The van der Waals surface area contributed by atoms with Gasteiger partial charge in [-0.3, -0.25) is 14.4 Å². The van der Waals surface area contributed by atoms with Crippen LogP contribution in [-0.4, -0.2) is 33.3 Å². The zero-order chi connectivity index (χ0) is 24.8. The number of ether oxygens (including phenoxy) is 1. The molecule has 2 aromatic heterocycles. The first kappa shape index (κ1) is 23.7. The lowest BCUT2D eigenvalue weighted by atomic mass is 10.0. The van der Waals surface area contributed by atoms with Crippen LogP contribution in [0.15, 0.2) is 83.9 Å². The number of hydrogen-bond donors (Lipinski definition) is 2. The van der Waals surface area contributed by atoms with E-state index in [1.165, 1.54) is 25.3 Å². The van der Waals surface area contributed by atoms with Crippen LogP contribution < -0.4 is 10.9 Å². The van der Waals surface area contributed by atoms with E-state index in [-0.39, 0.29) is 30.9 Å². The fourth-order valence-electron chi connectivity index (χ4n) is 3.87. The van der Waals surface area contributed by atoms with Crippen molar-refractivity contribution in [2.45, 2.75) is 32.5 Å². The first-order chi connectivity index (χ1) is 16.9. The number of amides is 1. The molecular formula is C27H25N3O5. The largest absolute Gasteiger partial charge is 0.459 e. The molecule has 0 aliphatic carbocycles. The fourth-order valence-corrected chi connectivity index (χ4v) is 3.87. The Kier molecular flexibility index (Phi) is 7.21. The number of rotatable bonds is 9. The van der Waals surface area contributed by atoms with Crippen molar-refractivity contribution in [3.8, 4) is 0 Å². The number of carbonyl (C=O) groups excluding carboxylic acids is 3. The minimum atomic E-state index is -0.975. The maximum absolute atomic E-state index is 13.0. The van der Waals surface area contributed by atoms with Gasteiger partial charge in [-0.25, -0.2) is 4.79 Å². The molecule has 0 aliphatic rings. The molecule has 2 heterocycles. The summed E-state index contributed by atoms with van der Waals surface area (Å²) >= 11 is 0. The average molecular weight is 472 g/mol. The second-order valence-corrected chi connectivity index (χ2v) is 8.19. The molecule has 0 spiro atoms. The van der Waals surface area contributed by atoms with Crippen LogP contribution in [0.3, 0.4) is 0 Å². The Bertz CT molecular complexity index is 1420. The van der Waals surface area contributed by atoms with E-state index in [0.717, 1.165) is 26.6 Å². The number of Topliss-reactive ketones (excluding diaryl/α,β-unsaturated/α-hetero) is 1. The number of fused-ring (bicyclic) bond motifs is 1. The lowest BCUT2D eigenvalue weighted by molar-refractivity contribution is -0.149. The van der Waals surface area contributed by atoms with Gasteiger partial charge in [-0.15, -0.1) is 0 Å². The van der Waals surface area contributed by atoms with E-state index in [2.05, 4.69) is 10.3 Å². The Morgan fingerprint density at radius 3 is 2.51 bits per heavy atom. The molecule has 0 saturated heterocycles. The van der Waals surface area contributed by atoms with Crippen molar-refractivity contribution in [1.82, 2.24) is 14.9 Å². The number of esters is 1. The maximum atomic E-state index is 13.0. The molecule has 0 fully saturated rings. The summed E-state index contributed by atoms with van der Waals surface area (Å²) < 4.78 is 6.64. The first-order valence-corrected chi connectivity index (χ1v) is 11.2. The molecule has 4 rings (SSSR count). The van der Waals surface area contributed by atoms with Crippen molar-refractivity contribution < 1.29 is 19.1 Å². The number of aromatic amines is 1. The number of ketones is 1. The summed E-state index contributed by atoms with van der Waals surface area (Å²) in [5, 5.41) is 3.65. The number of hydrogen-bond acceptors (Lipinski definition) is 5. The van der Waals surface area contributed by atoms with Gasteiger partial charge in [0.05, 0.1) is 5.56 Å². The molecule has 0 bridgehead atoms. The monoisotopic (exact) mass is 471 g/mol. The van der Waals surface area contributed by atoms with Crippen LogP contribution in [0.4, 0.5) is 0 Å². The van der Waals surface area contributed by atoms with Crippen molar-refractivity contribution in [3.05, 3.63) is 106 Å². The van der Waals surface area contributed by atoms with E-state index < -0.39 is 23.5 Å². The van der Waals surface area contributed by atoms with Gasteiger partial charge in [-0.1, -0.05) is 48.5 Å². The molecule has 8 heteroatoms. The van der Waals surface area contributed by atoms with Crippen molar-refractivity contribution in [1.29, 1.82) is 0 Å². The van der Waals surface area contributed by atoms with E-state index >= 15 is 0 Å². The summed E-state index contributed by atoms with van der Waals surface area (Å²) in [6, 6.07) is 18.9. The SMILES string of the molecule is CC(=O)c1cccn(CC(=O)N[C@@H](Cc2c[nH]c3ccccc23)C(=O)OCc2ccccc2)c1=O. The van der Waals surface area contributed by atoms with E-state index in [9.17, 15) is 19.2 Å². The Morgan fingerprint density at radius 2 is 1.74 bits per heavy atom. The highest BCUT2D eigenvalue weighted by molar-refractivity contribution is 5.93. The number of pyridine rings is 1. The first-order valence-electron chi connectivity index (χ1n) is 11.2. The molecular weight excluding hydrogens is 446 g/mol. The highest BCUT2D eigenvalue weighted by Crippen LogP contribution is 2.19. The zero-order valence-electron chi connectivity index (χ0n) is 19.2. The molecule has 2 aromatic carbocycles. The van der Waals surface area contributed by atoms with Crippen LogP contribution in [0.2, 0.25) is 0 Å². The van der Waals surface area contributed by atoms with Gasteiger partial charge in [-0.2, -0.15) is 0 Å². The standard InChI is InChI=1S/C27H25N3O5/c1-18(31)21-11-7-13-30(26(21)33)16-25(32)29-24(27(34)35-17-19-8-3-2-4-9-19)14-20-15-28-23-12-6-5-10-22(20)23/h2-13,15,24,28H,14,16-17H2,1H3,(H,29,32)/t24-/m0/s1. The molecule has 1 amide bonds. The molecule has 0 radical (unpaired) electrons. The third-order valence-electron chi connectivity index (χ3n) is 5.66. The summed E-state index contributed by atoms with van der Waals surface area (Å²) in [5.74, 6) is -1.52. The predicted molar refractivity (Wildman–Crippen MR) is 131 cm³/mol. The second kappa shape index (κ2) is 10.6. The van der Waals surface area contributed by atoms with Gasteiger partial charge in [0.15, 0.2) is 5.78 Å². The van der Waals surface area contributed by atoms with Gasteiger partial charge in [0.1, 0.15) is 19.2 Å². The third-order valence-corrected chi connectivity index (χ3v) is 5.66. The topological polar surface area (TPSA) is 110 Å². The second-order valence-electron chi connectivity index (χ2n) is 8.19. The summed E-state index contributed by atoms with van der Waals surface area (Å²) in [6.07, 6.45) is 3.43. The van der Waals surface area contributed by atoms with Gasteiger partial charge in [0.25, 0.3) is 5.56 Å². The Hall–Kier alpha value is -4.46. The lowest BCUT2D eigenvalue weighted by Gasteiger charge is -2.18. The highest BCUT2D eigenvalue weighted by Gasteiger charge is 2.24. The smallest absolute Gasteiger partial charge is 0.329 e. The van der Waals surface area contributed by atoms with Crippen molar-refractivity contribution >= 4 is 28.6 Å². The molecule has 1 atom stereocenters. The molecule has 35 heavy (non-hydrogen) atoms. The lowest BCUT2D eigenvalue weighted by Crippen LogP contribution is -2.45. The van der Waals surface area contributed by atoms with Crippen LogP contribution in [0.1, 0.15) is 28.4 Å². The number of benzene rings is 2. The predicted octanol–water partition coefficient (Wildman–Crippen LogP) is 3.00. The van der Waals surface area contributed by atoms with E-state index in [0.29, 0.717) is 0 Å². The minimum absolute atomic E-state index is 0.00193. The van der Waals surface area contributed by atoms with Gasteiger partial charge in [0.2, 0.25) is 5.91 Å². The van der Waals surface area contributed by atoms with Crippen LogP contribution in [-0.2, 0) is 33.9 Å². The Balaban J connectivity index is 1.53. The number of nitrogens with one attached hydrogen (secondary N) is 2. The zero-order valence-corrected chi connectivity index (χ0v) is 19.2. The van der Waals surface area contributed by atoms with Crippen LogP contribution in [0.25, 0.3) is 10.9 Å². The van der Waals surface area contributed by atoms with Crippen LogP contribution in [0.5, 0.6) is 0 Å². The number of aromatic nitrogens is 2. The molecule has 178 valence electrons. The van der Waals surface area contributed by atoms with Gasteiger partial charge in [-0.05, 0) is 36.2 Å². The Labute approximate surface area is 201 Å². The normalized spacial score (nSPS) is 11.7. The molecule has 0 saturated carbocycles. The fraction of sp³-hybridized carbons (Fsp3) is 0.185. The van der Waals surface area contributed by atoms with Crippen molar-refractivity contribution in [2.75, 3.05) is 0 Å². The van der Waals surface area contributed by atoms with Gasteiger partial charge in [0, 0.05) is 29.7 Å². The van der Waals surface area contributed by atoms with Gasteiger partial charge >= 0.3 is 5.97 Å².